The molecule has 0 unspecified atom stereocenters. The number of aliphatic hydroxyl groups is 1. The second kappa shape index (κ2) is 13.6. The fourth-order valence-corrected chi connectivity index (χ4v) is 5.36. The van der Waals surface area contributed by atoms with E-state index in [4.69, 9.17) is 42.8 Å². The van der Waals surface area contributed by atoms with Crippen LogP contribution in [0.3, 0.4) is 0 Å². The van der Waals surface area contributed by atoms with Gasteiger partial charge in [-0.3, -0.25) is 4.79 Å². The number of halogens is 3. The summed E-state index contributed by atoms with van der Waals surface area (Å²) in [6.07, 6.45) is 0.830. The highest BCUT2D eigenvalue weighted by Crippen LogP contribution is 2.45. The van der Waals surface area contributed by atoms with Gasteiger partial charge in [-0.25, -0.2) is 4.99 Å². The molecule has 0 bridgehead atoms. The molecule has 41 heavy (non-hydrogen) atoms. The minimum atomic E-state index is -1.34. The molecule has 9 heteroatoms. The molecule has 0 saturated heterocycles. The second-order valence-electron chi connectivity index (χ2n) is 11.3. The van der Waals surface area contributed by atoms with Gasteiger partial charge in [0, 0.05) is 51.6 Å². The molecule has 0 spiro atoms. The number of nitrogens with zero attached hydrogens (tertiary/aromatic N) is 1. The van der Waals surface area contributed by atoms with Gasteiger partial charge in [0.1, 0.15) is 5.75 Å². The second-order valence-corrected chi connectivity index (χ2v) is 13.1. The first-order valence-corrected chi connectivity index (χ1v) is 15.1. The summed E-state index contributed by atoms with van der Waals surface area (Å²) in [4.78, 5) is 19.3. The van der Waals surface area contributed by atoms with Crippen molar-refractivity contribution in [1.29, 1.82) is 0 Å². The number of hydrogen-bond donors (Lipinski definition) is 2. The third-order valence-electron chi connectivity index (χ3n) is 6.82. The van der Waals surface area contributed by atoms with Crippen molar-refractivity contribution in [2.24, 2.45) is 10.4 Å². The number of aliphatic imine (C=N–C) groups is 1. The minimum absolute atomic E-state index is 0.0483. The monoisotopic (exact) mass is 660 g/mol. The number of carbonyl (C=O) groups excluding carboxylic acids is 1. The van der Waals surface area contributed by atoms with Crippen molar-refractivity contribution < 1.29 is 19.4 Å². The third-order valence-corrected chi connectivity index (χ3v) is 7.91. The van der Waals surface area contributed by atoms with E-state index in [1.165, 1.54) is 0 Å². The van der Waals surface area contributed by atoms with Crippen molar-refractivity contribution in [2.45, 2.75) is 51.7 Å². The molecule has 4 rings (SSSR count). The zero-order valence-electron chi connectivity index (χ0n) is 23.4. The highest BCUT2D eigenvalue weighted by molar-refractivity contribution is 9.10. The van der Waals surface area contributed by atoms with Gasteiger partial charge in [-0.1, -0.05) is 78.1 Å². The van der Waals surface area contributed by atoms with Crippen LogP contribution in [0.25, 0.3) is 0 Å². The lowest BCUT2D eigenvalue weighted by Crippen LogP contribution is -2.50. The lowest BCUT2D eigenvalue weighted by molar-refractivity contribution is -0.129. The van der Waals surface area contributed by atoms with Gasteiger partial charge < -0.3 is 19.9 Å². The SMILES string of the molecule is CC(C)(C)CCNC(=O)[C@]1(Cc2ccc(Br)cc2)N=C(c2ccc(OCCCO)cc2)O[C@@H]1c1ccc(Cl)cc1Cl. The Labute approximate surface area is 260 Å². The van der Waals surface area contributed by atoms with Crippen LogP contribution in [-0.2, 0) is 16.0 Å². The molecule has 2 N–H and O–H groups in total. The predicted molar refractivity (Wildman–Crippen MR) is 168 cm³/mol. The highest BCUT2D eigenvalue weighted by Gasteiger charge is 2.53. The van der Waals surface area contributed by atoms with Crippen LogP contribution >= 0.6 is 39.1 Å². The molecule has 1 amide bonds. The summed E-state index contributed by atoms with van der Waals surface area (Å²) in [5.41, 5.74) is 0.966. The van der Waals surface area contributed by atoms with Crippen LogP contribution in [0.1, 0.15) is 56.4 Å². The van der Waals surface area contributed by atoms with Gasteiger partial charge in [-0.2, -0.15) is 0 Å². The Balaban J connectivity index is 1.78. The first kappa shape index (κ1) is 31.4. The predicted octanol–water partition coefficient (Wildman–Crippen LogP) is 7.57. The molecule has 3 aromatic rings. The Morgan fingerprint density at radius 1 is 1.10 bits per heavy atom. The summed E-state index contributed by atoms with van der Waals surface area (Å²) in [7, 11) is 0. The lowest BCUT2D eigenvalue weighted by atomic mass is 9.81. The number of ether oxygens (including phenoxy) is 2. The average molecular weight is 662 g/mol. The smallest absolute Gasteiger partial charge is 0.252 e. The molecule has 0 aliphatic carbocycles. The van der Waals surface area contributed by atoms with E-state index < -0.39 is 11.6 Å². The molecule has 0 aromatic heterocycles. The van der Waals surface area contributed by atoms with E-state index in [1.54, 1.807) is 18.2 Å². The molecule has 1 aliphatic rings. The molecule has 3 aromatic carbocycles. The van der Waals surface area contributed by atoms with Crippen LogP contribution in [0.5, 0.6) is 5.75 Å². The first-order valence-electron chi connectivity index (χ1n) is 13.6. The number of amides is 1. The van der Waals surface area contributed by atoms with Gasteiger partial charge in [0.2, 0.25) is 5.90 Å². The summed E-state index contributed by atoms with van der Waals surface area (Å²) < 4.78 is 13.2. The van der Waals surface area contributed by atoms with E-state index in [1.807, 2.05) is 48.5 Å². The first-order chi connectivity index (χ1) is 19.5. The van der Waals surface area contributed by atoms with Gasteiger partial charge in [0.25, 0.3) is 5.91 Å². The Bertz CT molecular complexity index is 1370. The average Bonchev–Trinajstić information content (AvgIpc) is 3.30. The maximum absolute atomic E-state index is 14.2. The van der Waals surface area contributed by atoms with Crippen LogP contribution in [0.15, 0.2) is 76.2 Å². The zero-order chi connectivity index (χ0) is 29.6. The fraction of sp³-hybridized carbons (Fsp3) is 0.375. The lowest BCUT2D eigenvalue weighted by Gasteiger charge is -2.32. The van der Waals surface area contributed by atoms with E-state index in [0.717, 1.165) is 16.5 Å². The minimum Gasteiger partial charge on any atom is -0.494 e. The van der Waals surface area contributed by atoms with Crippen LogP contribution < -0.4 is 10.1 Å². The molecule has 0 radical (unpaired) electrons. The summed E-state index contributed by atoms with van der Waals surface area (Å²) in [5.74, 6) is 0.768. The number of carbonyl (C=O) groups is 1. The van der Waals surface area contributed by atoms with E-state index in [0.29, 0.717) is 52.4 Å². The maximum Gasteiger partial charge on any atom is 0.252 e. The molecule has 2 atom stereocenters. The van der Waals surface area contributed by atoms with Crippen LogP contribution in [0.2, 0.25) is 10.0 Å². The van der Waals surface area contributed by atoms with Gasteiger partial charge in [0.05, 0.1) is 6.61 Å². The van der Waals surface area contributed by atoms with E-state index in [2.05, 4.69) is 42.0 Å². The van der Waals surface area contributed by atoms with Gasteiger partial charge in [-0.05, 0) is 65.9 Å². The summed E-state index contributed by atoms with van der Waals surface area (Å²) in [5, 5.41) is 13.1. The molecule has 1 heterocycles. The largest absolute Gasteiger partial charge is 0.494 e. The third kappa shape index (κ3) is 8.04. The van der Waals surface area contributed by atoms with E-state index >= 15 is 0 Å². The van der Waals surface area contributed by atoms with Crippen molar-refractivity contribution in [3.05, 3.63) is 97.9 Å². The quantitative estimate of drug-likeness (QED) is 0.208. The number of aliphatic hydroxyl groups excluding tert-OH is 1. The molecule has 0 fully saturated rings. The molecular formula is C32H35BrCl2N2O4. The van der Waals surface area contributed by atoms with Crippen molar-refractivity contribution >= 4 is 50.9 Å². The standard InChI is InChI=1S/C32H35BrCl2N2O4/c1-31(2,3)15-16-36-30(39)32(20-21-5-9-23(33)10-6-21)28(26-14-11-24(34)19-27(26)35)41-29(37-32)22-7-12-25(13-8-22)40-18-4-17-38/h5-14,19,28,38H,4,15-18,20H2,1-3H3,(H,36,39)/t28-,32-/m1/s1. The summed E-state index contributed by atoms with van der Waals surface area (Å²) in [6, 6.07) is 20.4. The summed E-state index contributed by atoms with van der Waals surface area (Å²) >= 11 is 16.5. The van der Waals surface area contributed by atoms with Crippen molar-refractivity contribution in [1.82, 2.24) is 5.32 Å². The highest BCUT2D eigenvalue weighted by atomic mass is 79.9. The maximum atomic E-state index is 14.2. The van der Waals surface area contributed by atoms with Crippen molar-refractivity contribution in [2.75, 3.05) is 19.8 Å². The normalized spacial score (nSPS) is 18.5. The van der Waals surface area contributed by atoms with Crippen LogP contribution in [0.4, 0.5) is 0 Å². The van der Waals surface area contributed by atoms with E-state index in [-0.39, 0.29) is 24.3 Å². The molecular weight excluding hydrogens is 627 g/mol. The number of benzene rings is 3. The number of rotatable bonds is 11. The van der Waals surface area contributed by atoms with Crippen molar-refractivity contribution in [3.63, 3.8) is 0 Å². The van der Waals surface area contributed by atoms with Gasteiger partial charge >= 0.3 is 0 Å². The van der Waals surface area contributed by atoms with E-state index in [9.17, 15) is 4.79 Å². The van der Waals surface area contributed by atoms with Crippen LogP contribution in [0, 0.1) is 5.41 Å². The Morgan fingerprint density at radius 2 is 1.80 bits per heavy atom. The molecule has 218 valence electrons. The Kier molecular flexibility index (Phi) is 10.4. The number of hydrogen-bond acceptors (Lipinski definition) is 5. The topological polar surface area (TPSA) is 80.2 Å². The van der Waals surface area contributed by atoms with Gasteiger partial charge in [0.15, 0.2) is 11.6 Å². The Morgan fingerprint density at radius 3 is 2.44 bits per heavy atom. The number of nitrogens with one attached hydrogen (secondary N) is 1. The van der Waals surface area contributed by atoms with Crippen LogP contribution in [-0.4, -0.2) is 42.2 Å². The van der Waals surface area contributed by atoms with Gasteiger partial charge in [-0.15, -0.1) is 0 Å². The molecule has 1 aliphatic heterocycles. The fourth-order valence-electron chi connectivity index (χ4n) is 4.59. The Hall–Kier alpha value is -2.58. The van der Waals surface area contributed by atoms with Crippen molar-refractivity contribution in [3.8, 4) is 5.75 Å². The molecule has 6 nitrogen and oxygen atoms in total. The zero-order valence-corrected chi connectivity index (χ0v) is 26.5. The summed E-state index contributed by atoms with van der Waals surface area (Å²) in [6.45, 7) is 7.39. The molecule has 0 saturated carbocycles.